The molecule has 0 aromatic heterocycles. The molecule has 0 unspecified atom stereocenters. The quantitative estimate of drug-likeness (QED) is 0.724. The molecule has 0 spiro atoms. The number of likely N-dealkylation sites (tertiary alicyclic amines) is 1. The number of hydrogen-bond donors (Lipinski definition) is 1. The van der Waals surface area contributed by atoms with Crippen LogP contribution in [0.15, 0.2) is 42.5 Å². The van der Waals surface area contributed by atoms with Gasteiger partial charge in [0.25, 0.3) is 0 Å². The maximum Gasteiger partial charge on any atom is 0.224 e. The van der Waals surface area contributed by atoms with E-state index in [0.717, 1.165) is 60.1 Å². The summed E-state index contributed by atoms with van der Waals surface area (Å²) in [5, 5.41) is 3.94. The summed E-state index contributed by atoms with van der Waals surface area (Å²) >= 11 is 6.30. The van der Waals surface area contributed by atoms with Crippen LogP contribution in [-0.2, 0) is 11.3 Å². The molecule has 1 amide bonds. The zero-order valence-electron chi connectivity index (χ0n) is 17.3. The Hall–Kier alpha value is -2.24. The van der Waals surface area contributed by atoms with Gasteiger partial charge >= 0.3 is 0 Å². The lowest BCUT2D eigenvalue weighted by molar-refractivity contribution is -0.127. The van der Waals surface area contributed by atoms with Crippen molar-refractivity contribution in [1.82, 2.24) is 10.2 Å². The number of hydrogen-bond acceptors (Lipinski definition) is 4. The number of carbonyl (C=O) groups is 1. The molecule has 0 saturated carbocycles. The molecule has 1 aliphatic rings. The molecule has 156 valence electrons. The summed E-state index contributed by atoms with van der Waals surface area (Å²) in [5.41, 5.74) is 2.01. The number of carbonyl (C=O) groups excluding carboxylic acids is 1. The van der Waals surface area contributed by atoms with Gasteiger partial charge in [0.05, 0.1) is 26.2 Å². The van der Waals surface area contributed by atoms with Crippen LogP contribution in [0.4, 0.5) is 0 Å². The molecule has 2 aromatic rings. The van der Waals surface area contributed by atoms with E-state index in [9.17, 15) is 4.79 Å². The van der Waals surface area contributed by atoms with Gasteiger partial charge in [-0.1, -0.05) is 29.8 Å². The summed E-state index contributed by atoms with van der Waals surface area (Å²) in [4.78, 5) is 15.3. The Morgan fingerprint density at radius 1 is 1.24 bits per heavy atom. The third-order valence-corrected chi connectivity index (χ3v) is 5.86. The summed E-state index contributed by atoms with van der Waals surface area (Å²) in [6, 6.07) is 13.3. The van der Waals surface area contributed by atoms with Crippen LogP contribution >= 0.6 is 11.6 Å². The van der Waals surface area contributed by atoms with Crippen molar-refractivity contribution in [3.63, 3.8) is 0 Å². The van der Waals surface area contributed by atoms with E-state index in [4.69, 9.17) is 21.1 Å². The predicted octanol–water partition coefficient (Wildman–Crippen LogP) is 4.45. The SMILES string of the molecule is COc1ccc(OC)c([C@@H](C)NC(=O)[C@H]2CCCN(Cc3ccccc3Cl)C2)c1. The van der Waals surface area contributed by atoms with Crippen LogP contribution in [0.3, 0.4) is 0 Å². The van der Waals surface area contributed by atoms with Crippen LogP contribution in [0.2, 0.25) is 5.02 Å². The predicted molar refractivity (Wildman–Crippen MR) is 116 cm³/mol. The van der Waals surface area contributed by atoms with Gasteiger partial charge in [-0.25, -0.2) is 0 Å². The van der Waals surface area contributed by atoms with Crippen LogP contribution < -0.4 is 14.8 Å². The van der Waals surface area contributed by atoms with E-state index in [2.05, 4.69) is 10.2 Å². The number of methoxy groups -OCH3 is 2. The van der Waals surface area contributed by atoms with Crippen molar-refractivity contribution in [2.45, 2.75) is 32.4 Å². The van der Waals surface area contributed by atoms with Crippen molar-refractivity contribution in [3.8, 4) is 11.5 Å². The number of benzene rings is 2. The fourth-order valence-electron chi connectivity index (χ4n) is 3.87. The summed E-state index contributed by atoms with van der Waals surface area (Å²) in [6.07, 6.45) is 1.90. The molecular formula is C23H29ClN2O3. The van der Waals surface area contributed by atoms with Crippen LogP contribution in [0, 0.1) is 5.92 Å². The maximum absolute atomic E-state index is 13.0. The first-order valence-corrected chi connectivity index (χ1v) is 10.4. The molecule has 1 N–H and O–H groups in total. The molecule has 3 rings (SSSR count). The third-order valence-electron chi connectivity index (χ3n) is 5.49. The zero-order valence-corrected chi connectivity index (χ0v) is 18.0. The summed E-state index contributed by atoms with van der Waals surface area (Å²) in [6.45, 7) is 4.45. The second-order valence-corrected chi connectivity index (χ2v) is 7.91. The maximum atomic E-state index is 13.0. The normalized spacial score (nSPS) is 18.1. The fraction of sp³-hybridized carbons (Fsp3) is 0.435. The summed E-state index contributed by atoms with van der Waals surface area (Å²) < 4.78 is 10.8. The Bertz CT molecular complexity index is 843. The van der Waals surface area contributed by atoms with Crippen molar-refractivity contribution in [3.05, 3.63) is 58.6 Å². The Morgan fingerprint density at radius 2 is 2.03 bits per heavy atom. The van der Waals surface area contributed by atoms with Crippen molar-refractivity contribution in [1.29, 1.82) is 0 Å². The van der Waals surface area contributed by atoms with Gasteiger partial charge in [-0.15, -0.1) is 0 Å². The lowest BCUT2D eigenvalue weighted by Crippen LogP contribution is -2.43. The number of nitrogens with zero attached hydrogens (tertiary/aromatic N) is 1. The highest BCUT2D eigenvalue weighted by Gasteiger charge is 2.27. The Labute approximate surface area is 177 Å². The minimum Gasteiger partial charge on any atom is -0.497 e. The second kappa shape index (κ2) is 9.99. The van der Waals surface area contributed by atoms with Gasteiger partial charge in [-0.2, -0.15) is 0 Å². The molecule has 5 nitrogen and oxygen atoms in total. The smallest absolute Gasteiger partial charge is 0.224 e. The standard InChI is InChI=1S/C23H29ClN2O3/c1-16(20-13-19(28-2)10-11-22(20)29-3)25-23(27)18-8-6-12-26(15-18)14-17-7-4-5-9-21(17)24/h4-5,7,9-11,13,16,18H,6,8,12,14-15H2,1-3H3,(H,25,27)/t16-,18+/m1/s1. The van der Waals surface area contributed by atoms with E-state index in [1.54, 1.807) is 14.2 Å². The highest BCUT2D eigenvalue weighted by Crippen LogP contribution is 2.30. The molecule has 1 fully saturated rings. The van der Waals surface area contributed by atoms with Crippen molar-refractivity contribution >= 4 is 17.5 Å². The molecule has 1 saturated heterocycles. The number of rotatable bonds is 7. The monoisotopic (exact) mass is 416 g/mol. The van der Waals surface area contributed by atoms with Gasteiger partial charge in [0.1, 0.15) is 11.5 Å². The van der Waals surface area contributed by atoms with Crippen LogP contribution in [0.5, 0.6) is 11.5 Å². The van der Waals surface area contributed by atoms with Gasteiger partial charge in [0.15, 0.2) is 0 Å². The van der Waals surface area contributed by atoms with Crippen LogP contribution in [0.25, 0.3) is 0 Å². The average molecular weight is 417 g/mol. The van der Waals surface area contributed by atoms with Gasteiger partial charge < -0.3 is 14.8 Å². The topological polar surface area (TPSA) is 50.8 Å². The molecular weight excluding hydrogens is 388 g/mol. The molecule has 2 aromatic carbocycles. The van der Waals surface area contributed by atoms with E-state index >= 15 is 0 Å². The van der Waals surface area contributed by atoms with Crippen molar-refractivity contribution < 1.29 is 14.3 Å². The number of amides is 1. The van der Waals surface area contributed by atoms with Gasteiger partial charge in [0, 0.05) is 23.7 Å². The average Bonchev–Trinajstić information content (AvgIpc) is 2.75. The molecule has 2 atom stereocenters. The molecule has 0 bridgehead atoms. The van der Waals surface area contributed by atoms with Crippen LogP contribution in [-0.4, -0.2) is 38.1 Å². The minimum absolute atomic E-state index is 0.0368. The first kappa shape index (κ1) is 21.5. The lowest BCUT2D eigenvalue weighted by atomic mass is 9.95. The molecule has 0 aliphatic carbocycles. The minimum atomic E-state index is -0.175. The molecule has 1 aliphatic heterocycles. The summed E-state index contributed by atoms with van der Waals surface area (Å²) in [7, 11) is 3.26. The molecule has 6 heteroatoms. The number of piperidine rings is 1. The van der Waals surface area contributed by atoms with E-state index in [0.29, 0.717) is 0 Å². The lowest BCUT2D eigenvalue weighted by Gasteiger charge is -2.33. The van der Waals surface area contributed by atoms with E-state index in [1.165, 1.54) is 0 Å². The van der Waals surface area contributed by atoms with Gasteiger partial charge in [-0.3, -0.25) is 9.69 Å². The van der Waals surface area contributed by atoms with E-state index < -0.39 is 0 Å². The third kappa shape index (κ3) is 5.43. The Balaban J connectivity index is 1.63. The number of ether oxygens (including phenoxy) is 2. The zero-order chi connectivity index (χ0) is 20.8. The van der Waals surface area contributed by atoms with E-state index in [-0.39, 0.29) is 17.9 Å². The summed E-state index contributed by atoms with van der Waals surface area (Å²) in [5.74, 6) is 1.52. The van der Waals surface area contributed by atoms with Crippen molar-refractivity contribution in [2.24, 2.45) is 5.92 Å². The highest BCUT2D eigenvalue weighted by molar-refractivity contribution is 6.31. The van der Waals surface area contributed by atoms with Crippen molar-refractivity contribution in [2.75, 3.05) is 27.3 Å². The molecule has 1 heterocycles. The highest BCUT2D eigenvalue weighted by atomic mass is 35.5. The first-order chi connectivity index (χ1) is 14.0. The Kier molecular flexibility index (Phi) is 7.40. The number of nitrogens with one attached hydrogen (secondary N) is 1. The van der Waals surface area contributed by atoms with Gasteiger partial charge in [0.2, 0.25) is 5.91 Å². The fourth-order valence-corrected chi connectivity index (χ4v) is 4.06. The van der Waals surface area contributed by atoms with E-state index in [1.807, 2.05) is 49.4 Å². The second-order valence-electron chi connectivity index (χ2n) is 7.50. The van der Waals surface area contributed by atoms with Gasteiger partial charge in [-0.05, 0) is 56.1 Å². The molecule has 29 heavy (non-hydrogen) atoms. The van der Waals surface area contributed by atoms with Crippen LogP contribution in [0.1, 0.15) is 36.9 Å². The molecule has 0 radical (unpaired) electrons. The number of halogens is 1. The largest absolute Gasteiger partial charge is 0.497 e. The first-order valence-electron chi connectivity index (χ1n) is 10.00. The Morgan fingerprint density at radius 3 is 2.76 bits per heavy atom.